The number of anilines is 1. The number of ether oxygens (including phenoxy) is 1. The molecule has 3 fully saturated rings. The van der Waals surface area contributed by atoms with E-state index in [1.54, 1.807) is 6.20 Å². The number of amides is 2. The van der Waals surface area contributed by atoms with Crippen LogP contribution in [0.25, 0.3) is 0 Å². The molecule has 2 unspecified atom stereocenters. The number of nitrogens with one attached hydrogen (secondary N) is 1. The van der Waals surface area contributed by atoms with Crippen molar-refractivity contribution in [2.24, 2.45) is 11.3 Å². The maximum absolute atomic E-state index is 12.6. The van der Waals surface area contributed by atoms with Gasteiger partial charge in [0, 0.05) is 44.1 Å². The molecule has 2 N–H and O–H groups in total. The van der Waals surface area contributed by atoms with E-state index in [1.165, 1.54) is 0 Å². The number of aromatic nitrogens is 1. The van der Waals surface area contributed by atoms with Crippen LogP contribution < -0.4 is 15.0 Å². The molecule has 2 atom stereocenters. The van der Waals surface area contributed by atoms with Crippen molar-refractivity contribution < 1.29 is 14.6 Å². The van der Waals surface area contributed by atoms with Gasteiger partial charge in [0.25, 0.3) is 0 Å². The number of aliphatic hydroxyl groups excluding tert-OH is 1. The van der Waals surface area contributed by atoms with E-state index < -0.39 is 0 Å². The summed E-state index contributed by atoms with van der Waals surface area (Å²) in [4.78, 5) is 21.1. The Balaban J connectivity index is 1.52. The lowest BCUT2D eigenvalue weighted by Gasteiger charge is -2.48. The minimum absolute atomic E-state index is 0.0447. The summed E-state index contributed by atoms with van der Waals surface area (Å²) in [6.45, 7) is 7.18. The van der Waals surface area contributed by atoms with Gasteiger partial charge in [-0.1, -0.05) is 19.9 Å². The third kappa shape index (κ3) is 4.36. The highest BCUT2D eigenvalue weighted by atomic mass is 16.5. The summed E-state index contributed by atoms with van der Waals surface area (Å²) in [5.74, 6) is 1.73. The van der Waals surface area contributed by atoms with Crippen molar-refractivity contribution in [2.45, 2.75) is 26.3 Å². The fourth-order valence-electron chi connectivity index (χ4n) is 4.79. The summed E-state index contributed by atoms with van der Waals surface area (Å²) >= 11 is 0. The average Bonchev–Trinajstić information content (AvgIpc) is 3.00. The minimum atomic E-state index is -0.0855. The molecule has 1 aromatic heterocycles. The molecule has 3 saturated heterocycles. The van der Waals surface area contributed by atoms with Crippen molar-refractivity contribution in [3.8, 4) is 11.6 Å². The van der Waals surface area contributed by atoms with E-state index >= 15 is 0 Å². The number of aliphatic hydroxyl groups is 1. The predicted octanol–water partition coefficient (Wildman–Crippen LogP) is 3.11. The molecule has 2 amide bonds. The molecule has 0 spiro atoms. The number of benzene rings is 1. The largest absolute Gasteiger partial charge is 0.439 e. The normalized spacial score (nSPS) is 22.5. The number of pyridine rings is 1. The Morgan fingerprint density at radius 1 is 1.20 bits per heavy atom. The second-order valence-corrected chi connectivity index (χ2v) is 8.85. The minimum Gasteiger partial charge on any atom is -0.439 e. The van der Waals surface area contributed by atoms with Crippen LogP contribution in [-0.4, -0.2) is 59.8 Å². The zero-order valence-corrected chi connectivity index (χ0v) is 17.6. The van der Waals surface area contributed by atoms with Crippen LogP contribution in [0.15, 0.2) is 48.7 Å². The quantitative estimate of drug-likeness (QED) is 0.792. The lowest BCUT2D eigenvalue weighted by molar-refractivity contribution is 0.185. The van der Waals surface area contributed by atoms with Crippen LogP contribution in [0.5, 0.6) is 11.6 Å². The predicted molar refractivity (Wildman–Crippen MR) is 116 cm³/mol. The van der Waals surface area contributed by atoms with E-state index in [0.717, 1.165) is 30.9 Å². The van der Waals surface area contributed by atoms with Crippen LogP contribution in [0.1, 0.15) is 20.3 Å². The Labute approximate surface area is 177 Å². The standard InChI is InChI=1S/C23H30N4O3/c1-23(2)13-17-14-26(22(29)25-11-12-28)16-20(23)27(15-17)18-6-8-19(9-7-18)30-21-5-3-4-10-24-21/h3-10,17,20,28H,11-16H2,1-2H3,(H,25,29). The molecule has 7 nitrogen and oxygen atoms in total. The van der Waals surface area contributed by atoms with Crippen molar-refractivity contribution in [3.05, 3.63) is 48.7 Å². The van der Waals surface area contributed by atoms with Crippen LogP contribution in [0, 0.1) is 11.3 Å². The molecule has 2 aromatic rings. The molecule has 1 aromatic carbocycles. The Hall–Kier alpha value is -2.80. The van der Waals surface area contributed by atoms with Crippen LogP contribution in [0.3, 0.4) is 0 Å². The van der Waals surface area contributed by atoms with E-state index in [9.17, 15) is 4.79 Å². The Morgan fingerprint density at radius 3 is 2.70 bits per heavy atom. The van der Waals surface area contributed by atoms with Gasteiger partial charge in [0.2, 0.25) is 5.88 Å². The molecule has 0 aliphatic carbocycles. The second-order valence-electron chi connectivity index (χ2n) is 8.85. The number of hydrogen-bond acceptors (Lipinski definition) is 5. The molecule has 7 heteroatoms. The van der Waals surface area contributed by atoms with Gasteiger partial charge in [0.05, 0.1) is 12.6 Å². The number of nitrogens with zero attached hydrogens (tertiary/aromatic N) is 3. The molecular formula is C23H30N4O3. The SMILES string of the molecule is CC1(C)CC2CN(C(=O)NCCO)CC1N(c1ccc(Oc3ccccn3)cc1)C2. The Morgan fingerprint density at radius 2 is 2.00 bits per heavy atom. The maximum atomic E-state index is 12.6. The summed E-state index contributed by atoms with van der Waals surface area (Å²) in [6, 6.07) is 13.9. The highest BCUT2D eigenvalue weighted by Crippen LogP contribution is 2.43. The van der Waals surface area contributed by atoms with Gasteiger partial charge in [-0.05, 0) is 48.1 Å². The number of hydrogen-bond donors (Lipinski definition) is 2. The highest BCUT2D eigenvalue weighted by Gasteiger charge is 2.46. The van der Waals surface area contributed by atoms with Crippen molar-refractivity contribution >= 4 is 11.7 Å². The number of rotatable bonds is 5. The van der Waals surface area contributed by atoms with Gasteiger partial charge in [-0.3, -0.25) is 0 Å². The smallest absolute Gasteiger partial charge is 0.317 e. The molecule has 0 radical (unpaired) electrons. The molecule has 30 heavy (non-hydrogen) atoms. The number of carbonyl (C=O) groups is 1. The zero-order valence-electron chi connectivity index (χ0n) is 17.6. The molecule has 0 saturated carbocycles. The fraction of sp³-hybridized carbons (Fsp3) is 0.478. The first-order chi connectivity index (χ1) is 14.5. The molecular weight excluding hydrogens is 380 g/mol. The number of carbonyl (C=O) groups excluding carboxylic acids is 1. The van der Waals surface area contributed by atoms with Gasteiger partial charge in [-0.25, -0.2) is 9.78 Å². The fourth-order valence-corrected chi connectivity index (χ4v) is 4.79. The lowest BCUT2D eigenvalue weighted by Crippen LogP contribution is -2.54. The van der Waals surface area contributed by atoms with Crippen molar-refractivity contribution in [2.75, 3.05) is 37.7 Å². The molecule has 3 aliphatic rings. The van der Waals surface area contributed by atoms with Gasteiger partial charge < -0.3 is 25.0 Å². The van der Waals surface area contributed by atoms with Crippen LogP contribution in [0.2, 0.25) is 0 Å². The lowest BCUT2D eigenvalue weighted by atomic mass is 9.73. The van der Waals surface area contributed by atoms with Gasteiger partial charge in [0.1, 0.15) is 5.75 Å². The molecule has 160 valence electrons. The highest BCUT2D eigenvalue weighted by molar-refractivity contribution is 5.74. The average molecular weight is 411 g/mol. The topological polar surface area (TPSA) is 77.9 Å². The van der Waals surface area contributed by atoms with E-state index in [1.807, 2.05) is 35.2 Å². The Kier molecular flexibility index (Phi) is 5.81. The van der Waals surface area contributed by atoms with Gasteiger partial charge >= 0.3 is 6.03 Å². The van der Waals surface area contributed by atoms with Crippen LogP contribution in [-0.2, 0) is 0 Å². The first-order valence-electron chi connectivity index (χ1n) is 10.6. The summed E-state index contributed by atoms with van der Waals surface area (Å²) in [5, 5.41) is 11.8. The maximum Gasteiger partial charge on any atom is 0.317 e. The zero-order chi connectivity index (χ0) is 21.1. The molecule has 4 heterocycles. The summed E-state index contributed by atoms with van der Waals surface area (Å²) in [6.07, 6.45) is 2.81. The first-order valence-corrected chi connectivity index (χ1v) is 10.6. The monoisotopic (exact) mass is 410 g/mol. The third-order valence-electron chi connectivity index (χ3n) is 6.12. The number of piperidine rings is 1. The summed E-state index contributed by atoms with van der Waals surface area (Å²) in [5.41, 5.74) is 1.24. The first kappa shape index (κ1) is 20.5. The van der Waals surface area contributed by atoms with Gasteiger partial charge in [-0.15, -0.1) is 0 Å². The molecule has 3 aliphatic heterocycles. The van der Waals surface area contributed by atoms with Crippen molar-refractivity contribution in [3.63, 3.8) is 0 Å². The van der Waals surface area contributed by atoms with Crippen molar-refractivity contribution in [1.82, 2.24) is 15.2 Å². The third-order valence-corrected chi connectivity index (χ3v) is 6.12. The molecule has 2 bridgehead atoms. The molecule has 5 rings (SSSR count). The summed E-state index contributed by atoms with van der Waals surface area (Å²) in [7, 11) is 0. The van der Waals surface area contributed by atoms with Crippen molar-refractivity contribution in [1.29, 1.82) is 0 Å². The van der Waals surface area contributed by atoms with Gasteiger partial charge in [-0.2, -0.15) is 0 Å². The Bertz CT molecular complexity index is 857. The van der Waals surface area contributed by atoms with E-state index in [0.29, 0.717) is 18.3 Å². The van der Waals surface area contributed by atoms with E-state index in [2.05, 4.69) is 41.2 Å². The van der Waals surface area contributed by atoms with E-state index in [4.69, 9.17) is 9.84 Å². The summed E-state index contributed by atoms with van der Waals surface area (Å²) < 4.78 is 5.82. The second kappa shape index (κ2) is 8.52. The number of fused-ring (bicyclic) bond motifs is 4. The van der Waals surface area contributed by atoms with Crippen LogP contribution in [0.4, 0.5) is 10.5 Å². The van der Waals surface area contributed by atoms with Crippen LogP contribution >= 0.6 is 0 Å². The van der Waals surface area contributed by atoms with Gasteiger partial charge in [0.15, 0.2) is 0 Å². The van der Waals surface area contributed by atoms with E-state index in [-0.39, 0.29) is 30.6 Å². The number of urea groups is 1.